The summed E-state index contributed by atoms with van der Waals surface area (Å²) < 4.78 is 9.69. The lowest BCUT2D eigenvalue weighted by Gasteiger charge is -1.90. The predicted octanol–water partition coefficient (Wildman–Crippen LogP) is 5.19. The van der Waals surface area contributed by atoms with Gasteiger partial charge in [0.25, 0.3) is 5.95 Å². The Morgan fingerprint density at radius 2 is 1.71 bits per heavy atom. The number of phenolic OH excluding ortho intramolecular Hbond substituents is 1. The van der Waals surface area contributed by atoms with Crippen LogP contribution in [0, 0.1) is 13.8 Å². The standard InChI is InChI=1S/C9H8O2.C5H6O2.C4H4OS/c1-6-5-11-9-4-7(10)2-3-8(6)9;1-4-2-5(6)7-3-4;5-4-2-1-3-6-4/h2-5,10H,1H3;2-3,6H,1H3;1-3,5H. The summed E-state index contributed by atoms with van der Waals surface area (Å²) in [5.74, 6) is 0.226. The molecule has 0 bridgehead atoms. The Labute approximate surface area is 143 Å². The maximum Gasteiger partial charge on any atom is 0.281 e. The van der Waals surface area contributed by atoms with Crippen molar-refractivity contribution in [3.63, 3.8) is 0 Å². The van der Waals surface area contributed by atoms with Gasteiger partial charge in [0.2, 0.25) is 0 Å². The van der Waals surface area contributed by atoms with Crippen molar-refractivity contribution in [2.75, 3.05) is 0 Å². The van der Waals surface area contributed by atoms with E-state index in [0.29, 0.717) is 5.06 Å². The SMILES string of the molecule is Cc1coc(O)c1.Cc1coc2cc(O)ccc12.Oc1cccs1. The van der Waals surface area contributed by atoms with E-state index < -0.39 is 0 Å². The van der Waals surface area contributed by atoms with E-state index in [1.807, 2.05) is 25.3 Å². The second kappa shape index (κ2) is 8.12. The third kappa shape index (κ3) is 5.10. The van der Waals surface area contributed by atoms with E-state index in [1.54, 1.807) is 36.6 Å². The molecule has 6 heteroatoms. The van der Waals surface area contributed by atoms with Crippen LogP contribution in [-0.4, -0.2) is 15.3 Å². The van der Waals surface area contributed by atoms with Crippen molar-refractivity contribution in [3.8, 4) is 16.8 Å². The molecule has 3 N–H and O–H groups in total. The first-order chi connectivity index (χ1) is 11.5. The number of aromatic hydroxyl groups is 3. The van der Waals surface area contributed by atoms with Crippen molar-refractivity contribution in [2.45, 2.75) is 13.8 Å². The van der Waals surface area contributed by atoms with E-state index in [-0.39, 0.29) is 11.7 Å². The Bertz CT molecular complexity index is 857. The molecule has 0 unspecified atom stereocenters. The normalized spacial score (nSPS) is 9.75. The van der Waals surface area contributed by atoms with Gasteiger partial charge >= 0.3 is 0 Å². The molecule has 0 amide bonds. The maximum absolute atomic E-state index is 9.08. The Hall–Kier alpha value is -2.86. The minimum atomic E-state index is -0.0162. The number of hydrogen-bond acceptors (Lipinski definition) is 6. The molecule has 0 saturated heterocycles. The van der Waals surface area contributed by atoms with Crippen LogP contribution < -0.4 is 0 Å². The van der Waals surface area contributed by atoms with Crippen molar-refractivity contribution in [3.05, 3.63) is 65.4 Å². The zero-order valence-electron chi connectivity index (χ0n) is 13.3. The first-order valence-electron chi connectivity index (χ1n) is 7.09. The van der Waals surface area contributed by atoms with Gasteiger partial charge in [-0.15, -0.1) is 11.3 Å². The maximum atomic E-state index is 9.08. The Morgan fingerprint density at radius 3 is 2.17 bits per heavy atom. The molecule has 24 heavy (non-hydrogen) atoms. The highest BCUT2D eigenvalue weighted by atomic mass is 32.1. The van der Waals surface area contributed by atoms with E-state index in [9.17, 15) is 0 Å². The highest BCUT2D eigenvalue weighted by Gasteiger charge is 2.00. The topological polar surface area (TPSA) is 87.0 Å². The average Bonchev–Trinajstić information content (AvgIpc) is 3.25. The fraction of sp³-hybridized carbons (Fsp3) is 0.111. The fourth-order valence-electron chi connectivity index (χ4n) is 1.84. The van der Waals surface area contributed by atoms with Crippen LogP contribution >= 0.6 is 11.3 Å². The van der Waals surface area contributed by atoms with Crippen molar-refractivity contribution >= 4 is 22.3 Å². The number of benzene rings is 1. The van der Waals surface area contributed by atoms with Gasteiger partial charge in [-0.05, 0) is 54.6 Å². The molecule has 0 aliphatic carbocycles. The Morgan fingerprint density at radius 1 is 0.917 bits per heavy atom. The minimum absolute atomic E-state index is 0.0162. The van der Waals surface area contributed by atoms with Crippen LogP contribution in [0.15, 0.2) is 63.1 Å². The van der Waals surface area contributed by atoms with Gasteiger partial charge in [0, 0.05) is 17.5 Å². The summed E-state index contributed by atoms with van der Waals surface area (Å²) in [5, 5.41) is 29.3. The number of rotatable bonds is 0. The highest BCUT2D eigenvalue weighted by molar-refractivity contribution is 7.11. The van der Waals surface area contributed by atoms with Crippen molar-refractivity contribution in [2.24, 2.45) is 0 Å². The van der Waals surface area contributed by atoms with Gasteiger partial charge in [0.05, 0.1) is 12.5 Å². The third-order valence-corrected chi connectivity index (χ3v) is 3.65. The van der Waals surface area contributed by atoms with E-state index in [0.717, 1.165) is 22.1 Å². The number of hydrogen-bond donors (Lipinski definition) is 3. The molecular formula is C18H18O5S. The quantitative estimate of drug-likeness (QED) is 0.408. The van der Waals surface area contributed by atoms with Crippen LogP contribution in [0.5, 0.6) is 16.8 Å². The number of aryl methyl sites for hydroxylation is 2. The lowest BCUT2D eigenvalue weighted by atomic mass is 10.2. The molecule has 0 aliphatic rings. The summed E-state index contributed by atoms with van der Waals surface area (Å²) in [6.07, 6.45) is 3.18. The molecule has 0 fully saturated rings. The van der Waals surface area contributed by atoms with Crippen LogP contribution in [0.2, 0.25) is 0 Å². The molecule has 4 rings (SSSR count). The summed E-state index contributed by atoms with van der Waals surface area (Å²) >= 11 is 1.33. The van der Waals surface area contributed by atoms with Gasteiger partial charge in [-0.1, -0.05) is 0 Å². The smallest absolute Gasteiger partial charge is 0.281 e. The van der Waals surface area contributed by atoms with Crippen LogP contribution in [0.4, 0.5) is 0 Å². The van der Waals surface area contributed by atoms with E-state index in [1.165, 1.54) is 17.6 Å². The molecule has 0 spiro atoms. The predicted molar refractivity (Wildman–Crippen MR) is 93.7 cm³/mol. The van der Waals surface area contributed by atoms with Crippen LogP contribution in [0.25, 0.3) is 11.0 Å². The van der Waals surface area contributed by atoms with Gasteiger partial charge in [0.15, 0.2) is 5.06 Å². The number of furan rings is 2. The summed E-state index contributed by atoms with van der Waals surface area (Å²) in [6, 6.07) is 10.1. The van der Waals surface area contributed by atoms with Crippen molar-refractivity contribution < 1.29 is 24.2 Å². The molecule has 126 valence electrons. The number of thiophene rings is 1. The highest BCUT2D eigenvalue weighted by Crippen LogP contribution is 2.23. The number of fused-ring (bicyclic) bond motifs is 1. The fourth-order valence-corrected chi connectivity index (χ4v) is 2.29. The van der Waals surface area contributed by atoms with Crippen molar-refractivity contribution in [1.29, 1.82) is 0 Å². The van der Waals surface area contributed by atoms with Crippen molar-refractivity contribution in [1.82, 2.24) is 0 Å². The molecule has 5 nitrogen and oxygen atoms in total. The molecule has 1 aromatic carbocycles. The third-order valence-electron chi connectivity index (χ3n) is 2.98. The van der Waals surface area contributed by atoms with Gasteiger partial charge < -0.3 is 24.2 Å². The average molecular weight is 346 g/mol. The first kappa shape index (κ1) is 17.5. The van der Waals surface area contributed by atoms with Crippen LogP contribution in [0.3, 0.4) is 0 Å². The molecule has 0 aliphatic heterocycles. The molecular weight excluding hydrogens is 328 g/mol. The van der Waals surface area contributed by atoms with Gasteiger partial charge in [-0.25, -0.2) is 0 Å². The minimum Gasteiger partial charge on any atom is -0.508 e. The van der Waals surface area contributed by atoms with E-state index in [4.69, 9.17) is 19.7 Å². The molecule has 0 saturated carbocycles. The molecule has 0 radical (unpaired) electrons. The van der Waals surface area contributed by atoms with Gasteiger partial charge in [0.1, 0.15) is 11.3 Å². The Balaban J connectivity index is 0.000000139. The molecule has 3 heterocycles. The molecule has 4 aromatic rings. The zero-order valence-corrected chi connectivity index (χ0v) is 14.1. The zero-order chi connectivity index (χ0) is 17.5. The first-order valence-corrected chi connectivity index (χ1v) is 7.97. The molecule has 0 atom stereocenters. The number of phenols is 1. The lowest BCUT2D eigenvalue weighted by molar-refractivity contribution is 0.332. The summed E-state index contributed by atoms with van der Waals surface area (Å²) in [4.78, 5) is 0. The Kier molecular flexibility index (Phi) is 5.92. The summed E-state index contributed by atoms with van der Waals surface area (Å²) in [7, 11) is 0. The van der Waals surface area contributed by atoms with Crippen LogP contribution in [0.1, 0.15) is 11.1 Å². The monoisotopic (exact) mass is 346 g/mol. The second-order valence-corrected chi connectivity index (χ2v) is 5.94. The van der Waals surface area contributed by atoms with Crippen LogP contribution in [-0.2, 0) is 0 Å². The lowest BCUT2D eigenvalue weighted by Crippen LogP contribution is -1.66. The second-order valence-electron chi connectivity index (χ2n) is 5.01. The molecule has 3 aromatic heterocycles. The van der Waals surface area contributed by atoms with E-state index in [2.05, 4.69) is 4.42 Å². The van der Waals surface area contributed by atoms with E-state index >= 15 is 0 Å². The summed E-state index contributed by atoms with van der Waals surface area (Å²) in [5.41, 5.74) is 2.78. The summed E-state index contributed by atoms with van der Waals surface area (Å²) in [6.45, 7) is 3.83. The van der Waals surface area contributed by atoms with Gasteiger partial charge in [-0.3, -0.25) is 0 Å². The van der Waals surface area contributed by atoms with Gasteiger partial charge in [-0.2, -0.15) is 0 Å². The largest absolute Gasteiger partial charge is 0.508 e.